The fourth-order valence-electron chi connectivity index (χ4n) is 8.12. The number of phenols is 1. The summed E-state index contributed by atoms with van der Waals surface area (Å²) in [5.41, 5.74) is -0.385. The first-order valence-electron chi connectivity index (χ1n) is 14.5. The highest BCUT2D eigenvalue weighted by molar-refractivity contribution is 6.32. The van der Waals surface area contributed by atoms with Crippen molar-refractivity contribution < 1.29 is 38.2 Å². The lowest BCUT2D eigenvalue weighted by Gasteiger charge is -2.50. The predicted octanol–water partition coefficient (Wildman–Crippen LogP) is 5.11. The quantitative estimate of drug-likeness (QED) is 0.316. The van der Waals surface area contributed by atoms with Gasteiger partial charge in [0.15, 0.2) is 11.6 Å². The number of likely N-dealkylation sites (tertiary alicyclic amines) is 1. The monoisotopic (exact) mass is 628 g/mol. The highest BCUT2D eigenvalue weighted by Gasteiger charge is 2.70. The van der Waals surface area contributed by atoms with Gasteiger partial charge in [-0.25, -0.2) is 14.1 Å². The lowest BCUT2D eigenvalue weighted by molar-refractivity contribution is -0.138. The Kier molecular flexibility index (Phi) is 6.67. The average Bonchev–Trinajstić information content (AvgIpc) is 3.43. The van der Waals surface area contributed by atoms with Crippen LogP contribution in [0.4, 0.5) is 14.9 Å². The third-order valence-corrected chi connectivity index (χ3v) is 10.1. The third kappa shape index (κ3) is 3.88. The molecule has 3 aromatic carbocycles. The number of anilines is 1. The second-order valence-electron chi connectivity index (χ2n) is 11.8. The molecule has 2 saturated heterocycles. The topological polar surface area (TPSA) is 121 Å². The minimum Gasteiger partial charge on any atom is -0.505 e. The minimum atomic E-state index is -1.67. The summed E-state index contributed by atoms with van der Waals surface area (Å²) in [4.78, 5) is 70.8. The van der Waals surface area contributed by atoms with E-state index in [0.29, 0.717) is 21.1 Å². The highest BCUT2D eigenvalue weighted by Crippen LogP contribution is 2.65. The molecule has 0 spiro atoms. The van der Waals surface area contributed by atoms with Crippen LogP contribution in [0.25, 0.3) is 0 Å². The van der Waals surface area contributed by atoms with Crippen LogP contribution < -0.4 is 4.90 Å². The number of imide groups is 4. The normalized spacial score (nSPS) is 28.9. The van der Waals surface area contributed by atoms with E-state index in [4.69, 9.17) is 16.3 Å². The molecule has 6 atom stereocenters. The van der Waals surface area contributed by atoms with E-state index < -0.39 is 76.3 Å². The second-order valence-corrected chi connectivity index (χ2v) is 12.2. The molecule has 4 aliphatic rings. The molecule has 0 aromatic heterocycles. The number of allylic oxidation sites excluding steroid dienone is 2. The van der Waals surface area contributed by atoms with Crippen LogP contribution in [0.3, 0.4) is 0 Å². The van der Waals surface area contributed by atoms with Gasteiger partial charge in [0.05, 0.1) is 36.0 Å². The molecular weight excluding hydrogens is 603 g/mol. The molecule has 3 aromatic rings. The van der Waals surface area contributed by atoms with Crippen molar-refractivity contribution in [3.8, 4) is 5.75 Å². The van der Waals surface area contributed by atoms with Crippen LogP contribution in [0.15, 0.2) is 84.4 Å². The van der Waals surface area contributed by atoms with Gasteiger partial charge in [-0.05, 0) is 48.6 Å². The van der Waals surface area contributed by atoms with E-state index in [1.54, 1.807) is 54.6 Å². The Balaban J connectivity index is 1.51. The van der Waals surface area contributed by atoms with Gasteiger partial charge in [-0.15, -0.1) is 0 Å². The van der Waals surface area contributed by atoms with Crippen LogP contribution in [-0.4, -0.2) is 46.8 Å². The number of hydrogen-bond acceptors (Lipinski definition) is 7. The maximum Gasteiger partial charge on any atom is 0.423 e. The minimum absolute atomic E-state index is 0.0237. The van der Waals surface area contributed by atoms with E-state index in [-0.39, 0.29) is 24.1 Å². The van der Waals surface area contributed by atoms with Gasteiger partial charge in [-0.2, -0.15) is 4.90 Å². The van der Waals surface area contributed by atoms with Crippen LogP contribution in [-0.2, 0) is 29.3 Å². The van der Waals surface area contributed by atoms with Crippen LogP contribution in [0.1, 0.15) is 29.9 Å². The largest absolute Gasteiger partial charge is 0.505 e. The van der Waals surface area contributed by atoms with Gasteiger partial charge in [0.1, 0.15) is 0 Å². The molecule has 1 N–H and O–H groups in total. The smallest absolute Gasteiger partial charge is 0.423 e. The van der Waals surface area contributed by atoms with Crippen LogP contribution in [0, 0.1) is 29.5 Å². The maximum absolute atomic E-state index is 15.1. The highest BCUT2D eigenvalue weighted by atomic mass is 35.5. The van der Waals surface area contributed by atoms with E-state index in [2.05, 4.69) is 0 Å². The summed E-state index contributed by atoms with van der Waals surface area (Å²) in [5.74, 6) is -9.16. The zero-order valence-electron chi connectivity index (χ0n) is 23.9. The molecule has 2 aliphatic heterocycles. The molecule has 5 amide bonds. The lowest BCUT2D eigenvalue weighted by atomic mass is 9.49. The fraction of sp³-hybridized carbons (Fsp3) is 0.265. The van der Waals surface area contributed by atoms with Crippen molar-refractivity contribution in [1.29, 1.82) is 0 Å². The first-order chi connectivity index (χ1) is 21.6. The maximum atomic E-state index is 15.1. The molecule has 11 heteroatoms. The molecule has 0 radical (unpaired) electrons. The number of benzene rings is 3. The number of rotatable bonds is 3. The SMILES string of the molecule is COC(=O)N1C(=O)[C@H]2[C@H](CC=C3[C@H]2C[C@H]2C(=O)N(c4cccc(Cl)c4)C(=O)[C@@]2(c2ccccc2)[C@H]3c2cccc(F)c2O)C1=O. The van der Waals surface area contributed by atoms with Crippen LogP contribution >= 0.6 is 11.6 Å². The van der Waals surface area contributed by atoms with E-state index in [9.17, 15) is 24.3 Å². The summed E-state index contributed by atoms with van der Waals surface area (Å²) in [7, 11) is 1.07. The second kappa shape index (κ2) is 10.4. The molecule has 45 heavy (non-hydrogen) atoms. The van der Waals surface area contributed by atoms with Gasteiger partial charge in [0.25, 0.3) is 0 Å². The number of aromatic hydroxyl groups is 1. The van der Waals surface area contributed by atoms with Crippen LogP contribution in [0.5, 0.6) is 5.75 Å². The molecule has 0 unspecified atom stereocenters. The van der Waals surface area contributed by atoms with Crippen molar-refractivity contribution in [3.63, 3.8) is 0 Å². The number of ether oxygens (including phenoxy) is 1. The fourth-order valence-corrected chi connectivity index (χ4v) is 8.31. The van der Waals surface area contributed by atoms with E-state index in [0.717, 1.165) is 18.1 Å². The van der Waals surface area contributed by atoms with Gasteiger partial charge in [-0.1, -0.05) is 71.8 Å². The number of carbonyl (C=O) groups excluding carboxylic acids is 5. The third-order valence-electron chi connectivity index (χ3n) is 9.85. The van der Waals surface area contributed by atoms with Crippen molar-refractivity contribution in [1.82, 2.24) is 4.90 Å². The van der Waals surface area contributed by atoms with Crippen LogP contribution in [0.2, 0.25) is 5.02 Å². The number of nitrogens with zero attached hydrogens (tertiary/aromatic N) is 2. The van der Waals surface area contributed by atoms with Gasteiger partial charge in [-0.3, -0.25) is 19.2 Å². The summed E-state index contributed by atoms with van der Waals surface area (Å²) in [6.45, 7) is 0. The van der Waals surface area contributed by atoms with E-state index in [1.807, 2.05) is 0 Å². The van der Waals surface area contributed by atoms with Gasteiger partial charge in [0, 0.05) is 16.5 Å². The molecule has 3 fully saturated rings. The molecule has 0 bridgehead atoms. The summed E-state index contributed by atoms with van der Waals surface area (Å²) in [6, 6.07) is 19.0. The number of methoxy groups -OCH3 is 1. The number of halogens is 2. The van der Waals surface area contributed by atoms with Gasteiger partial charge >= 0.3 is 6.09 Å². The van der Waals surface area contributed by atoms with Gasteiger partial charge in [0.2, 0.25) is 23.6 Å². The number of hydrogen-bond donors (Lipinski definition) is 1. The number of para-hydroxylation sites is 1. The van der Waals surface area contributed by atoms with Crippen molar-refractivity contribution in [2.24, 2.45) is 23.7 Å². The van der Waals surface area contributed by atoms with E-state index >= 15 is 9.18 Å². The lowest BCUT2D eigenvalue weighted by Crippen LogP contribution is -2.53. The molecule has 228 valence electrons. The zero-order chi connectivity index (χ0) is 31.8. The average molecular weight is 629 g/mol. The Hall–Kier alpha value is -4.83. The Morgan fingerprint density at radius 1 is 0.956 bits per heavy atom. The predicted molar refractivity (Wildman–Crippen MR) is 158 cm³/mol. The Bertz CT molecular complexity index is 1840. The van der Waals surface area contributed by atoms with E-state index in [1.165, 1.54) is 18.2 Å². The molecule has 2 heterocycles. The van der Waals surface area contributed by atoms with Crippen molar-refractivity contribution >= 4 is 47.0 Å². The first kappa shape index (κ1) is 28.9. The van der Waals surface area contributed by atoms with Crippen molar-refractivity contribution in [3.05, 3.63) is 106 Å². The number of phenolic OH excluding ortho intramolecular Hbond substituents is 1. The summed E-state index contributed by atoms with van der Waals surface area (Å²) < 4.78 is 19.8. The first-order valence-corrected chi connectivity index (χ1v) is 14.8. The molecule has 7 rings (SSSR count). The Labute approximate surface area is 261 Å². The summed E-state index contributed by atoms with van der Waals surface area (Å²) in [5, 5.41) is 11.5. The molecule has 2 aliphatic carbocycles. The number of fused-ring (bicyclic) bond motifs is 4. The Morgan fingerprint density at radius 2 is 1.69 bits per heavy atom. The summed E-state index contributed by atoms with van der Waals surface area (Å²) in [6.07, 6.45) is 0.669. The number of amides is 5. The van der Waals surface area contributed by atoms with Crippen molar-refractivity contribution in [2.75, 3.05) is 12.0 Å². The standard InChI is InChI=1S/C34H26ClFN2O7/c1-45-33(44)38-29(40)21-14-13-20-23(26(21)31(38)42)16-24-30(41)37(19-10-5-9-18(35)15-19)32(43)34(24,17-7-3-2-4-8-17)27(20)22-11-6-12-25(36)28(22)39/h2-13,15,21,23-24,26-27,39H,14,16H2,1H3/t21-,23+,24-,26-,27+,34+/m0/s1. The molecule has 9 nitrogen and oxygen atoms in total. The molecular formula is C34H26ClFN2O7. The zero-order valence-corrected chi connectivity index (χ0v) is 24.6. The number of carbonyl (C=O) groups is 5. The van der Waals surface area contributed by atoms with Gasteiger partial charge < -0.3 is 9.84 Å². The summed E-state index contributed by atoms with van der Waals surface area (Å²) >= 11 is 6.28. The Morgan fingerprint density at radius 3 is 2.40 bits per heavy atom. The molecule has 1 saturated carbocycles. The van der Waals surface area contributed by atoms with Crippen molar-refractivity contribution in [2.45, 2.75) is 24.2 Å².